The van der Waals surface area contributed by atoms with E-state index in [4.69, 9.17) is 4.74 Å². The van der Waals surface area contributed by atoms with Gasteiger partial charge in [0, 0.05) is 12.0 Å². The van der Waals surface area contributed by atoms with Gasteiger partial charge >= 0.3 is 12.1 Å². The molecule has 0 spiro atoms. The predicted octanol–water partition coefficient (Wildman–Crippen LogP) is 4.06. The lowest BCUT2D eigenvalue weighted by molar-refractivity contribution is -0.142. The van der Waals surface area contributed by atoms with E-state index in [2.05, 4.69) is 34.9 Å². The summed E-state index contributed by atoms with van der Waals surface area (Å²) in [5.74, 6) is -1.85. The molecule has 2 aromatic carbocycles. The quantitative estimate of drug-likeness (QED) is 0.576. The van der Waals surface area contributed by atoms with Gasteiger partial charge in [0.1, 0.15) is 12.1 Å². The van der Waals surface area contributed by atoms with Crippen molar-refractivity contribution in [2.24, 2.45) is 11.8 Å². The van der Waals surface area contributed by atoms with Crippen LogP contribution in [0.3, 0.4) is 0 Å². The Morgan fingerprint density at radius 2 is 1.59 bits per heavy atom. The van der Waals surface area contributed by atoms with Crippen molar-refractivity contribution in [3.8, 4) is 11.1 Å². The van der Waals surface area contributed by atoms with E-state index in [9.17, 15) is 19.5 Å². The van der Waals surface area contributed by atoms with E-state index < -0.39 is 29.6 Å². The van der Waals surface area contributed by atoms with Crippen molar-refractivity contribution < 1.29 is 24.2 Å². The average Bonchev–Trinajstić information content (AvgIpc) is 3.51. The second-order valence-corrected chi connectivity index (χ2v) is 9.88. The number of carbonyl (C=O) groups excluding carboxylic acids is 2. The molecule has 3 aliphatic carbocycles. The molecule has 2 fully saturated rings. The number of benzene rings is 2. The third-order valence-corrected chi connectivity index (χ3v) is 7.72. The maximum atomic E-state index is 13.2. The Morgan fingerprint density at radius 1 is 0.971 bits per heavy atom. The molecule has 3 N–H and O–H groups in total. The van der Waals surface area contributed by atoms with Crippen LogP contribution in [-0.2, 0) is 14.3 Å². The number of hydrogen-bond donors (Lipinski definition) is 3. The second-order valence-electron chi connectivity index (χ2n) is 9.88. The molecule has 3 atom stereocenters. The lowest BCUT2D eigenvalue weighted by Gasteiger charge is -2.31. The molecule has 0 aromatic heterocycles. The summed E-state index contributed by atoms with van der Waals surface area (Å²) in [5.41, 5.74) is 3.42. The van der Waals surface area contributed by atoms with Crippen molar-refractivity contribution in [2.75, 3.05) is 6.61 Å². The van der Waals surface area contributed by atoms with Crippen molar-refractivity contribution in [1.82, 2.24) is 10.6 Å². The summed E-state index contributed by atoms with van der Waals surface area (Å²) in [5, 5.41) is 15.2. The van der Waals surface area contributed by atoms with Crippen LogP contribution >= 0.6 is 0 Å². The van der Waals surface area contributed by atoms with Crippen LogP contribution in [0.1, 0.15) is 56.1 Å². The highest BCUT2D eigenvalue weighted by Crippen LogP contribution is 2.45. The van der Waals surface area contributed by atoms with Gasteiger partial charge in [0.15, 0.2) is 0 Å². The van der Waals surface area contributed by atoms with E-state index in [1.165, 1.54) is 0 Å². The molecule has 0 aliphatic heterocycles. The van der Waals surface area contributed by atoms with Gasteiger partial charge in [0.25, 0.3) is 0 Å². The normalized spacial score (nSPS) is 22.9. The molecule has 7 heteroatoms. The van der Waals surface area contributed by atoms with Gasteiger partial charge < -0.3 is 20.5 Å². The number of carbonyl (C=O) groups is 3. The monoisotopic (exact) mass is 462 g/mol. The van der Waals surface area contributed by atoms with Gasteiger partial charge in [-0.05, 0) is 60.8 Å². The molecule has 0 radical (unpaired) electrons. The minimum atomic E-state index is -1.13. The summed E-state index contributed by atoms with van der Waals surface area (Å²) in [7, 11) is 0. The second kappa shape index (κ2) is 8.78. The Balaban J connectivity index is 1.26. The number of fused-ring (bicyclic) bond motifs is 3. The summed E-state index contributed by atoms with van der Waals surface area (Å²) < 4.78 is 5.67. The third kappa shape index (κ3) is 4.04. The van der Waals surface area contributed by atoms with Crippen molar-refractivity contribution in [3.05, 3.63) is 59.7 Å². The van der Waals surface area contributed by atoms with Crippen molar-refractivity contribution in [1.29, 1.82) is 0 Å². The molecule has 0 saturated heterocycles. The van der Waals surface area contributed by atoms with Gasteiger partial charge in [0.05, 0.1) is 5.92 Å². The van der Waals surface area contributed by atoms with Gasteiger partial charge in [-0.15, -0.1) is 0 Å². The number of rotatable bonds is 7. The third-order valence-electron chi connectivity index (χ3n) is 7.72. The van der Waals surface area contributed by atoms with E-state index in [1.807, 2.05) is 24.3 Å². The molecule has 0 heterocycles. The Hall–Kier alpha value is -3.35. The molecule has 7 nitrogen and oxygen atoms in total. The molecule has 3 unspecified atom stereocenters. The van der Waals surface area contributed by atoms with Crippen LogP contribution in [0.2, 0.25) is 0 Å². The van der Waals surface area contributed by atoms with Crippen molar-refractivity contribution in [3.63, 3.8) is 0 Å². The first-order chi connectivity index (χ1) is 16.4. The maximum absolute atomic E-state index is 13.2. The molecule has 2 amide bonds. The summed E-state index contributed by atoms with van der Waals surface area (Å²) in [6, 6.07) is 15.8. The number of carboxylic acid groups (broad SMARTS) is 1. The zero-order valence-electron chi connectivity index (χ0n) is 19.3. The highest BCUT2D eigenvalue weighted by atomic mass is 16.5. The highest BCUT2D eigenvalue weighted by Gasteiger charge is 2.50. The highest BCUT2D eigenvalue weighted by molar-refractivity contribution is 5.91. The zero-order valence-corrected chi connectivity index (χ0v) is 19.3. The van der Waals surface area contributed by atoms with Crippen LogP contribution in [0.25, 0.3) is 11.1 Å². The summed E-state index contributed by atoms with van der Waals surface area (Å²) in [6.45, 7) is 1.89. The summed E-state index contributed by atoms with van der Waals surface area (Å²) in [6.07, 6.45) is 2.99. The Bertz CT molecular complexity index is 1080. The number of carboxylic acids is 1. The van der Waals surface area contributed by atoms with E-state index in [-0.39, 0.29) is 24.3 Å². The smallest absolute Gasteiger partial charge is 0.408 e. The summed E-state index contributed by atoms with van der Waals surface area (Å²) in [4.78, 5) is 37.6. The Morgan fingerprint density at radius 3 is 2.18 bits per heavy atom. The number of amides is 2. The van der Waals surface area contributed by atoms with Crippen LogP contribution in [0.5, 0.6) is 0 Å². The molecular formula is C27H30N2O5. The van der Waals surface area contributed by atoms with Crippen LogP contribution in [-0.4, -0.2) is 41.3 Å². The van der Waals surface area contributed by atoms with Crippen molar-refractivity contribution >= 4 is 18.0 Å². The number of nitrogens with one attached hydrogen (secondary N) is 2. The summed E-state index contributed by atoms with van der Waals surface area (Å²) >= 11 is 0. The standard InChI is InChI=1S/C27H30N2O5/c1-27(16-13-14-16,25(32)28-23-12-6-11-21(23)24(30)31)29-26(33)34-15-22-19-9-4-2-7-17(19)18-8-3-5-10-20(18)22/h2-5,7-10,16,21-23H,6,11-15H2,1H3,(H,28,32)(H,29,33)(H,30,31). The van der Waals surface area contributed by atoms with Crippen LogP contribution in [0.4, 0.5) is 4.79 Å². The minimum Gasteiger partial charge on any atom is -0.481 e. The first-order valence-electron chi connectivity index (χ1n) is 12.1. The maximum Gasteiger partial charge on any atom is 0.408 e. The molecule has 5 rings (SSSR count). The van der Waals surface area contributed by atoms with Gasteiger partial charge in [-0.2, -0.15) is 0 Å². The van der Waals surface area contributed by atoms with E-state index in [0.29, 0.717) is 12.8 Å². The number of alkyl carbamates (subject to hydrolysis) is 1. The zero-order chi connectivity index (χ0) is 23.9. The number of aliphatic carboxylic acids is 1. The largest absolute Gasteiger partial charge is 0.481 e. The minimum absolute atomic E-state index is 0.0117. The topological polar surface area (TPSA) is 105 Å². The fraction of sp³-hybridized carbons (Fsp3) is 0.444. The van der Waals surface area contributed by atoms with Crippen LogP contribution in [0, 0.1) is 11.8 Å². The molecule has 3 aliphatic rings. The van der Waals surface area contributed by atoms with E-state index >= 15 is 0 Å². The fourth-order valence-corrected chi connectivity index (χ4v) is 5.60. The lowest BCUT2D eigenvalue weighted by Crippen LogP contribution is -2.60. The SMILES string of the molecule is CC(NC(=O)OCC1c2ccccc2-c2ccccc21)(C(=O)NC1CCCC1C(=O)O)C1CC1. The lowest BCUT2D eigenvalue weighted by atomic mass is 9.93. The first kappa shape index (κ1) is 22.4. The van der Waals surface area contributed by atoms with Crippen LogP contribution in [0.15, 0.2) is 48.5 Å². The molecular weight excluding hydrogens is 432 g/mol. The van der Waals surface area contributed by atoms with Crippen LogP contribution < -0.4 is 10.6 Å². The van der Waals surface area contributed by atoms with Gasteiger partial charge in [-0.25, -0.2) is 4.79 Å². The van der Waals surface area contributed by atoms with E-state index in [0.717, 1.165) is 41.5 Å². The van der Waals surface area contributed by atoms with E-state index in [1.54, 1.807) is 6.92 Å². The Labute approximate surface area is 198 Å². The van der Waals surface area contributed by atoms with Crippen molar-refractivity contribution in [2.45, 2.75) is 56.5 Å². The predicted molar refractivity (Wildman–Crippen MR) is 126 cm³/mol. The van der Waals surface area contributed by atoms with Gasteiger partial charge in [-0.3, -0.25) is 9.59 Å². The fourth-order valence-electron chi connectivity index (χ4n) is 5.60. The first-order valence-corrected chi connectivity index (χ1v) is 12.1. The average molecular weight is 463 g/mol. The molecule has 2 aromatic rings. The molecule has 0 bridgehead atoms. The molecule has 2 saturated carbocycles. The number of ether oxygens (including phenoxy) is 1. The molecule has 178 valence electrons. The van der Waals surface area contributed by atoms with Gasteiger partial charge in [-0.1, -0.05) is 55.0 Å². The Kier molecular flexibility index (Phi) is 5.80. The molecule has 34 heavy (non-hydrogen) atoms. The number of hydrogen-bond acceptors (Lipinski definition) is 4. The van der Waals surface area contributed by atoms with Gasteiger partial charge in [0.2, 0.25) is 5.91 Å².